The van der Waals surface area contributed by atoms with Crippen molar-refractivity contribution < 1.29 is 43.6 Å². The predicted octanol–water partition coefficient (Wildman–Crippen LogP) is 4.02. The van der Waals surface area contributed by atoms with Crippen LogP contribution in [0.25, 0.3) is 29.4 Å². The number of hydrogen-bond acceptors (Lipinski definition) is 3. The van der Waals surface area contributed by atoms with Gasteiger partial charge in [-0.2, -0.15) is 8.42 Å². The SMILES string of the molecule is O=S(=O)(OC=Cc1ccccc1)c1c(C=Cc2ccccc2)cccc1-c1ccccc1.[H-].[Na+]. The standard InChI is InChI=1S/C28H22O3S.Na.H/c29-32(30,31-22-21-24-13-6-2-7-14-24)28-26(20-19-23-11-4-1-5-12-23)17-10-18-27(28)25-15-8-3-9-16-25;;/h1-22H;;/q;+1;-1. The van der Waals surface area contributed by atoms with Gasteiger partial charge in [0.1, 0.15) is 11.2 Å². The third kappa shape index (κ3) is 6.56. The van der Waals surface area contributed by atoms with Crippen LogP contribution < -0.4 is 29.6 Å². The van der Waals surface area contributed by atoms with Crippen LogP contribution in [0.4, 0.5) is 0 Å². The van der Waals surface area contributed by atoms with E-state index in [9.17, 15) is 8.42 Å². The Kier molecular flexibility index (Phi) is 8.87. The summed E-state index contributed by atoms with van der Waals surface area (Å²) in [6, 6.07) is 34.0. The average Bonchev–Trinajstić information content (AvgIpc) is 2.84. The van der Waals surface area contributed by atoms with Crippen LogP contribution >= 0.6 is 0 Å². The molecule has 4 aromatic rings. The first kappa shape index (κ1) is 24.7. The van der Waals surface area contributed by atoms with Crippen LogP contribution in [0.3, 0.4) is 0 Å². The molecular formula is C28H23NaO3S. The monoisotopic (exact) mass is 462 g/mol. The van der Waals surface area contributed by atoms with Crippen molar-refractivity contribution in [1.29, 1.82) is 0 Å². The van der Waals surface area contributed by atoms with Crippen molar-refractivity contribution in [2.75, 3.05) is 0 Å². The van der Waals surface area contributed by atoms with E-state index in [2.05, 4.69) is 0 Å². The molecule has 160 valence electrons. The van der Waals surface area contributed by atoms with Crippen LogP contribution in [0, 0.1) is 0 Å². The van der Waals surface area contributed by atoms with Crippen LogP contribution in [-0.2, 0) is 14.3 Å². The summed E-state index contributed by atoms with van der Waals surface area (Å²) in [5.41, 5.74) is 3.78. The van der Waals surface area contributed by atoms with Gasteiger partial charge < -0.3 is 5.61 Å². The molecule has 0 aromatic heterocycles. The Labute approximate surface area is 219 Å². The number of hydrogen-bond donors (Lipinski definition) is 0. The first-order chi connectivity index (χ1) is 15.6. The van der Waals surface area contributed by atoms with Gasteiger partial charge in [-0.15, -0.1) is 0 Å². The van der Waals surface area contributed by atoms with E-state index in [1.54, 1.807) is 24.3 Å². The zero-order chi connectivity index (χ0) is 22.2. The van der Waals surface area contributed by atoms with Crippen molar-refractivity contribution in [1.82, 2.24) is 0 Å². The molecule has 0 bridgehead atoms. The van der Waals surface area contributed by atoms with Gasteiger partial charge in [-0.25, -0.2) is 0 Å². The largest absolute Gasteiger partial charge is 1.00 e. The summed E-state index contributed by atoms with van der Waals surface area (Å²) in [6.07, 6.45) is 6.54. The second kappa shape index (κ2) is 11.8. The maximum absolute atomic E-state index is 13.3. The predicted molar refractivity (Wildman–Crippen MR) is 132 cm³/mol. The van der Waals surface area contributed by atoms with Crippen LogP contribution in [0.2, 0.25) is 0 Å². The maximum atomic E-state index is 13.3. The summed E-state index contributed by atoms with van der Waals surface area (Å²) >= 11 is 0. The molecule has 0 amide bonds. The summed E-state index contributed by atoms with van der Waals surface area (Å²) in [4.78, 5) is 0.135. The quantitative estimate of drug-likeness (QED) is 0.180. The average molecular weight is 463 g/mol. The molecule has 0 spiro atoms. The summed E-state index contributed by atoms with van der Waals surface area (Å²) < 4.78 is 32.0. The van der Waals surface area contributed by atoms with Crippen LogP contribution in [-0.4, -0.2) is 8.42 Å². The molecule has 0 aliphatic rings. The molecule has 4 rings (SSSR count). The summed E-state index contributed by atoms with van der Waals surface area (Å²) in [5.74, 6) is 0. The minimum atomic E-state index is -4.08. The second-order valence-corrected chi connectivity index (χ2v) is 8.61. The van der Waals surface area contributed by atoms with Crippen LogP contribution in [0.1, 0.15) is 18.1 Å². The molecule has 0 unspecified atom stereocenters. The maximum Gasteiger partial charge on any atom is 1.00 e. The van der Waals surface area contributed by atoms with Crippen LogP contribution in [0.5, 0.6) is 0 Å². The van der Waals surface area contributed by atoms with Gasteiger partial charge in [-0.05, 0) is 28.3 Å². The van der Waals surface area contributed by atoms with Gasteiger partial charge in [0.2, 0.25) is 0 Å². The van der Waals surface area contributed by atoms with Crippen molar-refractivity contribution in [3.8, 4) is 11.1 Å². The van der Waals surface area contributed by atoms with Gasteiger partial charge in [0.05, 0.1) is 0 Å². The molecule has 0 atom stereocenters. The van der Waals surface area contributed by atoms with Crippen molar-refractivity contribution in [3.05, 3.63) is 132 Å². The molecule has 0 heterocycles. The van der Waals surface area contributed by atoms with Crippen molar-refractivity contribution >= 4 is 28.3 Å². The third-order valence-corrected chi connectivity index (χ3v) is 6.20. The Hall–Kier alpha value is -2.89. The van der Waals surface area contributed by atoms with E-state index in [-0.39, 0.29) is 35.9 Å². The Morgan fingerprint density at radius 1 is 0.606 bits per heavy atom. The summed E-state index contributed by atoms with van der Waals surface area (Å²) in [5, 5.41) is 0. The van der Waals surface area contributed by atoms with Crippen molar-refractivity contribution in [2.24, 2.45) is 0 Å². The molecule has 0 saturated heterocycles. The molecule has 5 heteroatoms. The minimum absolute atomic E-state index is 0. The van der Waals surface area contributed by atoms with E-state index in [4.69, 9.17) is 4.18 Å². The molecule has 3 nitrogen and oxygen atoms in total. The molecule has 0 fully saturated rings. The number of rotatable bonds is 7. The second-order valence-electron chi connectivity index (χ2n) is 7.10. The Morgan fingerprint density at radius 3 is 1.76 bits per heavy atom. The van der Waals surface area contributed by atoms with Gasteiger partial charge in [-0.3, -0.25) is 0 Å². The first-order valence-electron chi connectivity index (χ1n) is 10.2. The zero-order valence-electron chi connectivity index (χ0n) is 19.3. The van der Waals surface area contributed by atoms with E-state index in [0.29, 0.717) is 11.1 Å². The molecule has 0 saturated carbocycles. The van der Waals surface area contributed by atoms with Crippen molar-refractivity contribution in [3.63, 3.8) is 0 Å². The third-order valence-electron chi connectivity index (χ3n) is 4.88. The smallest absolute Gasteiger partial charge is 1.00 e. The van der Waals surface area contributed by atoms with Crippen LogP contribution in [0.15, 0.2) is 120 Å². The first-order valence-corrected chi connectivity index (χ1v) is 11.6. The summed E-state index contributed by atoms with van der Waals surface area (Å²) in [7, 11) is -4.08. The molecule has 0 aliphatic carbocycles. The Balaban J connectivity index is 0.00000204. The Bertz CT molecular complexity index is 1340. The van der Waals surface area contributed by atoms with E-state index in [0.717, 1.165) is 16.7 Å². The molecular weight excluding hydrogens is 439 g/mol. The van der Waals surface area contributed by atoms with Gasteiger partial charge in [0, 0.05) is 5.56 Å². The molecule has 0 N–H and O–H groups in total. The van der Waals surface area contributed by atoms with E-state index in [1.165, 1.54) is 6.26 Å². The fraction of sp³-hybridized carbons (Fsp3) is 0. The topological polar surface area (TPSA) is 43.4 Å². The van der Waals surface area contributed by atoms with E-state index >= 15 is 0 Å². The van der Waals surface area contributed by atoms with Gasteiger partial charge in [-0.1, -0.05) is 121 Å². The van der Waals surface area contributed by atoms with Gasteiger partial charge in [0.25, 0.3) is 0 Å². The summed E-state index contributed by atoms with van der Waals surface area (Å²) in [6.45, 7) is 0. The molecule has 0 aliphatic heterocycles. The molecule has 4 aromatic carbocycles. The normalized spacial score (nSPS) is 11.4. The fourth-order valence-electron chi connectivity index (χ4n) is 3.35. The molecule has 33 heavy (non-hydrogen) atoms. The van der Waals surface area contributed by atoms with Gasteiger partial charge in [0.15, 0.2) is 0 Å². The number of benzene rings is 4. The Morgan fingerprint density at radius 2 is 1.15 bits per heavy atom. The van der Waals surface area contributed by atoms with E-state index < -0.39 is 10.1 Å². The minimum Gasteiger partial charge on any atom is -1.00 e. The van der Waals surface area contributed by atoms with Crippen molar-refractivity contribution in [2.45, 2.75) is 4.90 Å². The van der Waals surface area contributed by atoms with E-state index in [1.807, 2.05) is 103 Å². The van der Waals surface area contributed by atoms with Gasteiger partial charge >= 0.3 is 39.7 Å². The zero-order valence-corrected chi connectivity index (χ0v) is 21.2. The molecule has 0 radical (unpaired) electrons. The fourth-order valence-corrected chi connectivity index (χ4v) is 4.53.